The summed E-state index contributed by atoms with van der Waals surface area (Å²) in [5, 5.41) is 13.8. The third kappa shape index (κ3) is 3.38. The maximum Gasteiger partial charge on any atom is 0.172 e. The number of hydrogen-bond acceptors (Lipinski definition) is 3. The van der Waals surface area contributed by atoms with E-state index in [9.17, 15) is 5.11 Å². The fourth-order valence-corrected chi connectivity index (χ4v) is 2.53. The zero-order chi connectivity index (χ0) is 14.7. The highest BCUT2D eigenvalue weighted by atomic mass is 79.9. The van der Waals surface area contributed by atoms with E-state index in [0.29, 0.717) is 21.8 Å². The molecule has 0 radical (unpaired) electrons. The highest BCUT2D eigenvalue weighted by Gasteiger charge is 2.09. The molecule has 0 bridgehead atoms. The van der Waals surface area contributed by atoms with Crippen molar-refractivity contribution in [1.29, 1.82) is 0 Å². The molecule has 5 heteroatoms. The molecule has 0 spiro atoms. The largest absolute Gasteiger partial charge is 0.503 e. The maximum absolute atomic E-state index is 9.78. The van der Waals surface area contributed by atoms with Crippen LogP contribution in [0.5, 0.6) is 11.5 Å². The predicted octanol–water partition coefficient (Wildman–Crippen LogP) is 4.74. The third-order valence-corrected chi connectivity index (χ3v) is 3.83. The summed E-state index contributed by atoms with van der Waals surface area (Å²) in [5.74, 6) is 0.550. The zero-order valence-corrected chi connectivity index (χ0v) is 13.5. The van der Waals surface area contributed by atoms with Crippen LogP contribution in [0.4, 0.5) is 5.69 Å². The molecule has 3 nitrogen and oxygen atoms in total. The Hall–Kier alpha value is -1.39. The van der Waals surface area contributed by atoms with Gasteiger partial charge in [0.15, 0.2) is 11.5 Å². The quantitative estimate of drug-likeness (QED) is 0.831. The van der Waals surface area contributed by atoms with Gasteiger partial charge in [-0.15, -0.1) is 0 Å². The van der Waals surface area contributed by atoms with Crippen LogP contribution in [-0.4, -0.2) is 12.2 Å². The van der Waals surface area contributed by atoms with Gasteiger partial charge in [-0.3, -0.25) is 0 Å². The first-order chi connectivity index (χ1) is 9.51. The summed E-state index contributed by atoms with van der Waals surface area (Å²) >= 11 is 9.30. The Labute approximate surface area is 131 Å². The number of aromatic hydroxyl groups is 1. The van der Waals surface area contributed by atoms with Crippen molar-refractivity contribution in [2.75, 3.05) is 12.4 Å². The molecule has 0 saturated heterocycles. The molecule has 2 aromatic carbocycles. The average Bonchev–Trinajstić information content (AvgIpc) is 2.43. The van der Waals surface area contributed by atoms with Gasteiger partial charge in [-0.05, 0) is 58.2 Å². The topological polar surface area (TPSA) is 41.5 Å². The summed E-state index contributed by atoms with van der Waals surface area (Å²) in [6.45, 7) is 2.63. The second-order valence-electron chi connectivity index (χ2n) is 4.44. The lowest BCUT2D eigenvalue weighted by Gasteiger charge is -2.12. The predicted molar refractivity (Wildman–Crippen MR) is 85.9 cm³/mol. The molecule has 0 aliphatic carbocycles. The number of phenols is 1. The van der Waals surface area contributed by atoms with E-state index in [1.165, 1.54) is 7.11 Å². The minimum absolute atomic E-state index is 0.107. The SMILES string of the molecule is COc1cc(CNc2cc(Cl)ccc2C)cc(Br)c1O. The van der Waals surface area contributed by atoms with E-state index in [1.807, 2.05) is 31.2 Å². The van der Waals surface area contributed by atoms with Gasteiger partial charge in [0.25, 0.3) is 0 Å². The number of phenolic OH excluding ortho intramolecular Hbond substituents is 1. The lowest BCUT2D eigenvalue weighted by molar-refractivity contribution is 0.371. The molecule has 0 atom stereocenters. The van der Waals surface area contributed by atoms with Crippen LogP contribution in [-0.2, 0) is 6.54 Å². The van der Waals surface area contributed by atoms with E-state index < -0.39 is 0 Å². The molecule has 106 valence electrons. The summed E-state index contributed by atoms with van der Waals surface area (Å²) in [7, 11) is 1.53. The van der Waals surface area contributed by atoms with Gasteiger partial charge in [0, 0.05) is 17.3 Å². The van der Waals surface area contributed by atoms with Crippen LogP contribution >= 0.6 is 27.5 Å². The number of anilines is 1. The van der Waals surface area contributed by atoms with Gasteiger partial charge < -0.3 is 15.2 Å². The second-order valence-corrected chi connectivity index (χ2v) is 5.73. The van der Waals surface area contributed by atoms with Gasteiger partial charge in [0.2, 0.25) is 0 Å². The number of benzene rings is 2. The van der Waals surface area contributed by atoms with E-state index >= 15 is 0 Å². The molecule has 20 heavy (non-hydrogen) atoms. The Morgan fingerprint density at radius 1 is 1.30 bits per heavy atom. The fraction of sp³-hybridized carbons (Fsp3) is 0.200. The number of halogens is 2. The number of methoxy groups -OCH3 is 1. The van der Waals surface area contributed by atoms with Crippen molar-refractivity contribution in [3.8, 4) is 11.5 Å². The first kappa shape index (κ1) is 15.0. The van der Waals surface area contributed by atoms with Crippen molar-refractivity contribution in [1.82, 2.24) is 0 Å². The summed E-state index contributed by atoms with van der Waals surface area (Å²) in [5.41, 5.74) is 3.10. The normalized spacial score (nSPS) is 10.4. The number of hydrogen-bond donors (Lipinski definition) is 2. The fourth-order valence-electron chi connectivity index (χ4n) is 1.87. The van der Waals surface area contributed by atoms with Crippen molar-refractivity contribution in [2.24, 2.45) is 0 Å². The highest BCUT2D eigenvalue weighted by molar-refractivity contribution is 9.10. The summed E-state index contributed by atoms with van der Waals surface area (Å²) in [4.78, 5) is 0. The van der Waals surface area contributed by atoms with E-state index in [4.69, 9.17) is 16.3 Å². The summed E-state index contributed by atoms with van der Waals surface area (Å²) in [6.07, 6.45) is 0. The number of rotatable bonds is 4. The molecule has 0 amide bonds. The van der Waals surface area contributed by atoms with Gasteiger partial charge in [-0.2, -0.15) is 0 Å². The van der Waals surface area contributed by atoms with Crippen LogP contribution in [0.3, 0.4) is 0 Å². The van der Waals surface area contributed by atoms with Gasteiger partial charge in [0.05, 0.1) is 11.6 Å². The van der Waals surface area contributed by atoms with Crippen molar-refractivity contribution >= 4 is 33.2 Å². The average molecular weight is 357 g/mol. The Balaban J connectivity index is 2.19. The van der Waals surface area contributed by atoms with Gasteiger partial charge >= 0.3 is 0 Å². The highest BCUT2D eigenvalue weighted by Crippen LogP contribution is 2.35. The van der Waals surface area contributed by atoms with E-state index in [1.54, 1.807) is 6.07 Å². The molecule has 0 aliphatic heterocycles. The van der Waals surface area contributed by atoms with Crippen LogP contribution in [0.25, 0.3) is 0 Å². The van der Waals surface area contributed by atoms with Gasteiger partial charge in [-0.1, -0.05) is 17.7 Å². The van der Waals surface area contributed by atoms with Gasteiger partial charge in [-0.25, -0.2) is 0 Å². The molecule has 0 heterocycles. The number of aryl methyl sites for hydroxylation is 1. The Morgan fingerprint density at radius 3 is 2.75 bits per heavy atom. The lowest BCUT2D eigenvalue weighted by Crippen LogP contribution is -2.01. The Bertz CT molecular complexity index is 632. The molecular weight excluding hydrogens is 342 g/mol. The third-order valence-electron chi connectivity index (χ3n) is 2.99. The lowest BCUT2D eigenvalue weighted by atomic mass is 10.1. The summed E-state index contributed by atoms with van der Waals surface area (Å²) < 4.78 is 5.74. The first-order valence-electron chi connectivity index (χ1n) is 6.06. The molecule has 2 rings (SSSR count). The number of nitrogens with one attached hydrogen (secondary N) is 1. The van der Waals surface area contributed by atoms with E-state index in [0.717, 1.165) is 16.8 Å². The monoisotopic (exact) mass is 355 g/mol. The van der Waals surface area contributed by atoms with Gasteiger partial charge in [0.1, 0.15) is 0 Å². The molecule has 0 aromatic heterocycles. The standard InChI is InChI=1S/C15H15BrClNO2/c1-9-3-4-11(17)7-13(9)18-8-10-5-12(16)15(19)14(6-10)20-2/h3-7,18-19H,8H2,1-2H3. The number of ether oxygens (including phenoxy) is 1. The zero-order valence-electron chi connectivity index (χ0n) is 11.2. The molecule has 2 aromatic rings. The van der Waals surface area contributed by atoms with E-state index in [2.05, 4.69) is 21.2 Å². The minimum Gasteiger partial charge on any atom is -0.503 e. The van der Waals surface area contributed by atoms with Crippen LogP contribution in [0.15, 0.2) is 34.8 Å². The first-order valence-corrected chi connectivity index (χ1v) is 7.23. The second kappa shape index (κ2) is 6.37. The molecule has 0 unspecified atom stereocenters. The molecule has 0 saturated carbocycles. The van der Waals surface area contributed by atoms with Crippen LogP contribution in [0.1, 0.15) is 11.1 Å². The molecule has 0 fully saturated rings. The smallest absolute Gasteiger partial charge is 0.172 e. The van der Waals surface area contributed by atoms with Crippen LogP contribution < -0.4 is 10.1 Å². The molecular formula is C15H15BrClNO2. The minimum atomic E-state index is 0.107. The van der Waals surface area contributed by atoms with Crippen molar-refractivity contribution in [3.05, 3.63) is 51.0 Å². The summed E-state index contributed by atoms with van der Waals surface area (Å²) in [6, 6.07) is 9.38. The van der Waals surface area contributed by atoms with Crippen molar-refractivity contribution < 1.29 is 9.84 Å². The van der Waals surface area contributed by atoms with Crippen LogP contribution in [0.2, 0.25) is 5.02 Å². The Kier molecular flexibility index (Phi) is 4.78. The van der Waals surface area contributed by atoms with Crippen molar-refractivity contribution in [3.63, 3.8) is 0 Å². The maximum atomic E-state index is 9.78. The van der Waals surface area contributed by atoms with E-state index in [-0.39, 0.29) is 5.75 Å². The Morgan fingerprint density at radius 2 is 2.05 bits per heavy atom. The van der Waals surface area contributed by atoms with Crippen molar-refractivity contribution in [2.45, 2.75) is 13.5 Å². The molecule has 2 N–H and O–H groups in total. The van der Waals surface area contributed by atoms with Crippen LogP contribution in [0, 0.1) is 6.92 Å². The molecule has 0 aliphatic rings.